The number of allylic oxidation sites excluding steroid dienone is 1. The van der Waals surface area contributed by atoms with Crippen LogP contribution in [0.2, 0.25) is 0 Å². The maximum absolute atomic E-state index is 13.4. The molecule has 2 aromatic rings. The fraction of sp³-hybridized carbons (Fsp3) is 0.222. The summed E-state index contributed by atoms with van der Waals surface area (Å²) in [5.41, 5.74) is 2.05. The second-order valence-electron chi connectivity index (χ2n) is 6.00. The Hall–Kier alpha value is -2.34. The van der Waals surface area contributed by atoms with Gasteiger partial charge in [-0.05, 0) is 29.0 Å². The van der Waals surface area contributed by atoms with Gasteiger partial charge in [0, 0.05) is 35.1 Å². The van der Waals surface area contributed by atoms with Gasteiger partial charge in [0.2, 0.25) is 0 Å². The topological polar surface area (TPSA) is 29.6 Å². The van der Waals surface area contributed by atoms with Gasteiger partial charge in [0.05, 0.1) is 6.54 Å². The van der Waals surface area contributed by atoms with Crippen LogP contribution in [0.5, 0.6) is 0 Å². The minimum atomic E-state index is -4.50. The predicted octanol–water partition coefficient (Wildman–Crippen LogP) is 2.83. The lowest BCUT2D eigenvalue weighted by Gasteiger charge is -2.20. The van der Waals surface area contributed by atoms with Crippen LogP contribution in [0.1, 0.15) is 5.56 Å². The Morgan fingerprint density at radius 1 is 1.24 bits per heavy atom. The van der Waals surface area contributed by atoms with Crippen molar-refractivity contribution in [3.63, 3.8) is 0 Å². The van der Waals surface area contributed by atoms with Crippen LogP contribution in [0.15, 0.2) is 40.3 Å². The fourth-order valence-corrected chi connectivity index (χ4v) is 3.51. The largest absolute Gasteiger partial charge is 0.415 e. The fourth-order valence-electron chi connectivity index (χ4n) is 3.35. The number of hydrogen-bond acceptors (Lipinski definition) is 2. The van der Waals surface area contributed by atoms with E-state index in [1.54, 1.807) is 18.3 Å². The normalized spacial score (nSPS) is 22.0. The van der Waals surface area contributed by atoms with Gasteiger partial charge in [-0.25, -0.2) is 0 Å². The molecule has 2 aliphatic rings. The number of fused-ring (bicyclic) bond motifs is 3. The van der Waals surface area contributed by atoms with E-state index in [2.05, 4.69) is 9.98 Å². The third-order valence-electron chi connectivity index (χ3n) is 4.53. The first-order valence-electron chi connectivity index (χ1n) is 7.66. The van der Waals surface area contributed by atoms with Crippen LogP contribution in [0.4, 0.5) is 13.2 Å². The number of aryl methyl sites for hydroxylation is 1. The molecule has 2 aliphatic heterocycles. The van der Waals surface area contributed by atoms with Crippen LogP contribution in [0, 0.1) is 0 Å². The van der Waals surface area contributed by atoms with Gasteiger partial charge in [-0.15, -0.1) is 0 Å². The van der Waals surface area contributed by atoms with Gasteiger partial charge in [-0.1, -0.05) is 29.8 Å². The maximum Gasteiger partial charge on any atom is 0.415 e. The molecule has 0 saturated carbocycles. The van der Waals surface area contributed by atoms with Gasteiger partial charge in [-0.2, -0.15) is 13.2 Å². The van der Waals surface area contributed by atoms with E-state index in [1.165, 1.54) is 12.2 Å². The van der Waals surface area contributed by atoms with E-state index in [0.717, 1.165) is 21.8 Å². The SMILES string of the molecule is Cn1c2c(c3ccc(=C4C=CC(Cl)=NC4C(F)(F)F)cc31)CN=CC=2. The Bertz CT molecular complexity index is 1090. The molecular formula is C18H13ClF3N3. The second-order valence-corrected chi connectivity index (χ2v) is 6.38. The quantitative estimate of drug-likeness (QED) is 0.689. The van der Waals surface area contributed by atoms with Crippen molar-refractivity contribution < 1.29 is 13.2 Å². The number of alkyl halides is 3. The molecule has 1 unspecified atom stereocenters. The summed E-state index contributed by atoms with van der Waals surface area (Å²) in [6.07, 6.45) is 1.95. The maximum atomic E-state index is 13.4. The first-order chi connectivity index (χ1) is 11.9. The summed E-state index contributed by atoms with van der Waals surface area (Å²) in [6.45, 7) is 0.573. The van der Waals surface area contributed by atoms with Crippen molar-refractivity contribution in [2.75, 3.05) is 0 Å². The Kier molecular flexibility index (Phi) is 3.61. The zero-order valence-electron chi connectivity index (χ0n) is 13.2. The van der Waals surface area contributed by atoms with Crippen molar-refractivity contribution in [2.45, 2.75) is 18.8 Å². The highest BCUT2D eigenvalue weighted by atomic mass is 35.5. The average Bonchev–Trinajstić information content (AvgIpc) is 2.87. The summed E-state index contributed by atoms with van der Waals surface area (Å²) in [4.78, 5) is 7.83. The number of rotatable bonds is 0. The van der Waals surface area contributed by atoms with Crippen LogP contribution in [0.25, 0.3) is 22.6 Å². The van der Waals surface area contributed by atoms with E-state index in [9.17, 15) is 13.2 Å². The Labute approximate surface area is 146 Å². The monoisotopic (exact) mass is 363 g/mol. The summed E-state index contributed by atoms with van der Waals surface area (Å²) >= 11 is 5.69. The van der Waals surface area contributed by atoms with E-state index >= 15 is 0 Å². The van der Waals surface area contributed by atoms with Gasteiger partial charge in [0.15, 0.2) is 6.04 Å². The molecule has 3 heterocycles. The molecule has 0 amide bonds. The van der Waals surface area contributed by atoms with Gasteiger partial charge in [0.25, 0.3) is 0 Å². The first kappa shape index (κ1) is 16.1. The van der Waals surface area contributed by atoms with Crippen molar-refractivity contribution in [3.05, 3.63) is 46.5 Å². The number of dihydropyridines is 1. The molecule has 0 aliphatic carbocycles. The average molecular weight is 364 g/mol. The van der Waals surface area contributed by atoms with Crippen molar-refractivity contribution in [1.82, 2.24) is 4.57 Å². The molecule has 0 fully saturated rings. The van der Waals surface area contributed by atoms with E-state index in [4.69, 9.17) is 11.6 Å². The third kappa shape index (κ3) is 2.61. The lowest BCUT2D eigenvalue weighted by molar-refractivity contribution is -0.134. The molecule has 0 saturated heterocycles. The molecule has 3 nitrogen and oxygen atoms in total. The number of benzene rings is 1. The molecule has 0 N–H and O–H groups in total. The highest BCUT2D eigenvalue weighted by Gasteiger charge is 2.42. The van der Waals surface area contributed by atoms with Crippen LogP contribution in [-0.2, 0) is 13.6 Å². The Morgan fingerprint density at radius 3 is 2.80 bits per heavy atom. The van der Waals surface area contributed by atoms with E-state index in [1.807, 2.05) is 23.8 Å². The van der Waals surface area contributed by atoms with Crippen molar-refractivity contribution in [1.29, 1.82) is 0 Å². The highest BCUT2D eigenvalue weighted by molar-refractivity contribution is 6.68. The molecule has 1 aromatic heterocycles. The zero-order valence-corrected chi connectivity index (χ0v) is 13.9. The molecule has 1 aromatic carbocycles. The Morgan fingerprint density at radius 2 is 2.04 bits per heavy atom. The molecule has 1 atom stereocenters. The Balaban J connectivity index is 2.00. The molecule has 128 valence electrons. The third-order valence-corrected chi connectivity index (χ3v) is 4.76. The summed E-state index contributed by atoms with van der Waals surface area (Å²) in [6, 6.07) is 3.38. The lowest BCUT2D eigenvalue weighted by atomic mass is 10.0. The second kappa shape index (κ2) is 5.59. The number of nitrogens with zero attached hydrogens (tertiary/aromatic N) is 3. The van der Waals surface area contributed by atoms with E-state index in [0.29, 0.717) is 11.8 Å². The zero-order chi connectivity index (χ0) is 17.8. The summed E-state index contributed by atoms with van der Waals surface area (Å²) in [5.74, 6) is 0. The smallest absolute Gasteiger partial charge is 0.344 e. The molecule has 4 rings (SSSR count). The van der Waals surface area contributed by atoms with Crippen LogP contribution >= 0.6 is 11.6 Å². The highest BCUT2D eigenvalue weighted by Crippen LogP contribution is 2.32. The van der Waals surface area contributed by atoms with Gasteiger partial charge >= 0.3 is 6.18 Å². The minimum Gasteiger partial charge on any atom is -0.344 e. The molecular weight excluding hydrogens is 351 g/mol. The number of hydrogen-bond donors (Lipinski definition) is 0. The summed E-state index contributed by atoms with van der Waals surface area (Å²) in [7, 11) is 1.90. The number of aliphatic imine (C=N–C) groups is 2. The molecule has 7 heteroatoms. The lowest BCUT2D eigenvalue weighted by Crippen LogP contribution is -2.33. The van der Waals surface area contributed by atoms with Crippen LogP contribution in [-0.4, -0.2) is 28.2 Å². The molecule has 0 spiro atoms. The van der Waals surface area contributed by atoms with E-state index in [-0.39, 0.29) is 10.7 Å². The van der Waals surface area contributed by atoms with Gasteiger partial charge in [-0.3, -0.25) is 9.98 Å². The molecule has 25 heavy (non-hydrogen) atoms. The van der Waals surface area contributed by atoms with Crippen molar-refractivity contribution in [3.8, 4) is 0 Å². The van der Waals surface area contributed by atoms with Crippen LogP contribution in [0.3, 0.4) is 0 Å². The van der Waals surface area contributed by atoms with E-state index < -0.39 is 12.2 Å². The van der Waals surface area contributed by atoms with Crippen molar-refractivity contribution >= 4 is 45.5 Å². The van der Waals surface area contributed by atoms with Crippen LogP contribution < -0.4 is 10.6 Å². The molecule has 0 bridgehead atoms. The van der Waals surface area contributed by atoms with Gasteiger partial charge < -0.3 is 4.57 Å². The summed E-state index contributed by atoms with van der Waals surface area (Å²) in [5, 5.41) is 2.37. The summed E-state index contributed by atoms with van der Waals surface area (Å²) < 4.78 is 42.1. The molecule has 0 radical (unpaired) electrons. The number of halogens is 4. The predicted molar refractivity (Wildman–Crippen MR) is 94.5 cm³/mol. The first-order valence-corrected chi connectivity index (χ1v) is 8.04. The van der Waals surface area contributed by atoms with Crippen molar-refractivity contribution in [2.24, 2.45) is 17.0 Å². The standard InChI is InChI=1S/C18H13ClF3N3/c1-25-14-6-7-23-9-13(14)12-3-2-10(8-15(12)25)11-4-5-16(19)24-17(11)18(20,21)22/h2-8,17H,9H2,1H3. The van der Waals surface area contributed by atoms with Gasteiger partial charge in [0.1, 0.15) is 5.17 Å². The minimum absolute atomic E-state index is 0.0956. The number of aromatic nitrogens is 1.